The standard InChI is InChI=1S/C25H26N6O4S/c1-2-16-5-7-17(8-6-16)23-22-20(25(32)33)14-21(27-24(22)29-28-23)31-12-9-19(10-13-31)36(34,35)30-18-4-3-11-26-15-18/h3-8,11,14-15,19,30H,2,9-10,12-13H2,1H3,(H,32,33)(H,27,28,29). The van der Waals surface area contributed by atoms with E-state index in [9.17, 15) is 18.3 Å². The number of H-pyrrole nitrogens is 1. The zero-order valence-corrected chi connectivity index (χ0v) is 20.5. The summed E-state index contributed by atoms with van der Waals surface area (Å²) in [4.78, 5) is 22.7. The van der Waals surface area contributed by atoms with E-state index in [1.807, 2.05) is 29.2 Å². The number of hydrogen-bond acceptors (Lipinski definition) is 7. The number of aromatic carboxylic acids is 1. The molecule has 4 heterocycles. The second-order valence-electron chi connectivity index (χ2n) is 8.76. The molecule has 0 spiro atoms. The van der Waals surface area contributed by atoms with Crippen LogP contribution in [0.2, 0.25) is 0 Å². The predicted molar refractivity (Wildman–Crippen MR) is 138 cm³/mol. The van der Waals surface area contributed by atoms with Crippen molar-refractivity contribution >= 4 is 38.5 Å². The number of hydrogen-bond donors (Lipinski definition) is 3. The van der Waals surface area contributed by atoms with Crippen molar-refractivity contribution in [3.63, 3.8) is 0 Å². The van der Waals surface area contributed by atoms with Crippen LogP contribution in [0.5, 0.6) is 0 Å². The third-order valence-corrected chi connectivity index (χ3v) is 8.39. The van der Waals surface area contributed by atoms with Gasteiger partial charge in [-0.25, -0.2) is 18.2 Å². The van der Waals surface area contributed by atoms with E-state index in [-0.39, 0.29) is 5.56 Å². The normalized spacial score (nSPS) is 14.8. The number of anilines is 2. The van der Waals surface area contributed by atoms with Crippen LogP contribution >= 0.6 is 0 Å². The maximum Gasteiger partial charge on any atom is 0.336 e. The Kier molecular flexibility index (Phi) is 6.31. The van der Waals surface area contributed by atoms with Gasteiger partial charge < -0.3 is 10.0 Å². The lowest BCUT2D eigenvalue weighted by atomic mass is 10.0. The minimum Gasteiger partial charge on any atom is -0.478 e. The van der Waals surface area contributed by atoms with E-state index >= 15 is 0 Å². The third kappa shape index (κ3) is 4.61. The molecule has 3 N–H and O–H groups in total. The first-order valence-corrected chi connectivity index (χ1v) is 13.3. The highest BCUT2D eigenvalue weighted by Gasteiger charge is 2.31. The van der Waals surface area contributed by atoms with Crippen LogP contribution in [0, 0.1) is 0 Å². The Morgan fingerprint density at radius 2 is 1.94 bits per heavy atom. The van der Waals surface area contributed by atoms with Gasteiger partial charge in [-0.15, -0.1) is 0 Å². The molecule has 0 saturated carbocycles. The molecule has 4 aromatic rings. The SMILES string of the molecule is CCc1ccc(-c2[nH]nc3nc(N4CCC(S(=O)(=O)Nc5cccnc5)CC4)cc(C(=O)O)c23)cc1. The number of carboxylic acids is 1. The summed E-state index contributed by atoms with van der Waals surface area (Å²) < 4.78 is 28.3. The zero-order chi connectivity index (χ0) is 25.3. The van der Waals surface area contributed by atoms with Crippen LogP contribution in [0.4, 0.5) is 11.5 Å². The molecule has 0 radical (unpaired) electrons. The summed E-state index contributed by atoms with van der Waals surface area (Å²) in [5.41, 5.74) is 3.47. The fraction of sp³-hybridized carbons (Fsp3) is 0.280. The summed E-state index contributed by atoms with van der Waals surface area (Å²) >= 11 is 0. The molecule has 10 nitrogen and oxygen atoms in total. The summed E-state index contributed by atoms with van der Waals surface area (Å²) in [6, 6.07) is 12.8. The first-order valence-electron chi connectivity index (χ1n) is 11.7. The average molecular weight is 507 g/mol. The highest BCUT2D eigenvalue weighted by Crippen LogP contribution is 2.32. The zero-order valence-electron chi connectivity index (χ0n) is 19.7. The summed E-state index contributed by atoms with van der Waals surface area (Å²) in [7, 11) is -3.58. The fourth-order valence-electron chi connectivity index (χ4n) is 4.52. The molecular weight excluding hydrogens is 480 g/mol. The lowest BCUT2D eigenvalue weighted by Crippen LogP contribution is -2.41. The van der Waals surface area contributed by atoms with Crippen LogP contribution in [0.25, 0.3) is 22.3 Å². The van der Waals surface area contributed by atoms with Crippen molar-refractivity contribution < 1.29 is 18.3 Å². The highest BCUT2D eigenvalue weighted by atomic mass is 32.2. The average Bonchev–Trinajstić information content (AvgIpc) is 3.32. The number of piperidine rings is 1. The minimum absolute atomic E-state index is 0.103. The van der Waals surface area contributed by atoms with Gasteiger partial charge in [-0.05, 0) is 43.0 Å². The first-order chi connectivity index (χ1) is 17.4. The molecule has 1 aliphatic heterocycles. The molecule has 5 rings (SSSR count). The topological polar surface area (TPSA) is 141 Å². The number of nitrogens with zero attached hydrogens (tertiary/aromatic N) is 4. The Bertz CT molecular complexity index is 1500. The maximum atomic E-state index is 12.8. The smallest absolute Gasteiger partial charge is 0.336 e. The van der Waals surface area contributed by atoms with Crippen molar-refractivity contribution in [1.29, 1.82) is 0 Å². The molecule has 0 atom stereocenters. The summed E-state index contributed by atoms with van der Waals surface area (Å²) in [5, 5.41) is 17.1. The van der Waals surface area contributed by atoms with Crippen molar-refractivity contribution in [3.8, 4) is 11.3 Å². The quantitative estimate of drug-likeness (QED) is 0.345. The number of aryl methyl sites for hydroxylation is 1. The molecule has 36 heavy (non-hydrogen) atoms. The van der Waals surface area contributed by atoms with Gasteiger partial charge in [-0.1, -0.05) is 31.2 Å². The van der Waals surface area contributed by atoms with E-state index in [4.69, 9.17) is 0 Å². The Morgan fingerprint density at radius 3 is 2.58 bits per heavy atom. The van der Waals surface area contributed by atoms with Gasteiger partial charge in [0.15, 0.2) is 5.65 Å². The molecule has 3 aromatic heterocycles. The summed E-state index contributed by atoms with van der Waals surface area (Å²) in [6.45, 7) is 2.92. The van der Waals surface area contributed by atoms with Crippen LogP contribution < -0.4 is 9.62 Å². The summed E-state index contributed by atoms with van der Waals surface area (Å²) in [6.07, 6.45) is 4.72. The van der Waals surface area contributed by atoms with Crippen molar-refractivity contribution in [2.75, 3.05) is 22.7 Å². The molecule has 0 unspecified atom stereocenters. The Morgan fingerprint density at radius 1 is 1.19 bits per heavy atom. The van der Waals surface area contributed by atoms with E-state index in [2.05, 4.69) is 31.8 Å². The van der Waals surface area contributed by atoms with Crippen LogP contribution in [0.3, 0.4) is 0 Å². The highest BCUT2D eigenvalue weighted by molar-refractivity contribution is 7.93. The lowest BCUT2D eigenvalue weighted by molar-refractivity contribution is 0.0699. The molecule has 0 bridgehead atoms. The second kappa shape index (κ2) is 9.57. The van der Waals surface area contributed by atoms with E-state index in [1.54, 1.807) is 24.4 Å². The maximum absolute atomic E-state index is 12.8. The van der Waals surface area contributed by atoms with Crippen molar-refractivity contribution in [2.45, 2.75) is 31.4 Å². The molecule has 0 amide bonds. The van der Waals surface area contributed by atoms with Gasteiger partial charge in [0.2, 0.25) is 10.0 Å². The van der Waals surface area contributed by atoms with Crippen LogP contribution in [-0.4, -0.2) is 58.0 Å². The van der Waals surface area contributed by atoms with Crippen molar-refractivity contribution in [3.05, 3.63) is 66.0 Å². The lowest BCUT2D eigenvalue weighted by Gasteiger charge is -2.32. The molecule has 11 heteroatoms. The first kappa shape index (κ1) is 23.7. The second-order valence-corrected chi connectivity index (χ2v) is 10.7. The van der Waals surface area contributed by atoms with Crippen LogP contribution in [-0.2, 0) is 16.4 Å². The molecule has 1 aromatic carbocycles. The van der Waals surface area contributed by atoms with E-state index in [0.717, 1.165) is 12.0 Å². The molecule has 186 valence electrons. The number of pyridine rings is 2. The van der Waals surface area contributed by atoms with E-state index < -0.39 is 21.2 Å². The number of carboxylic acid groups (broad SMARTS) is 1. The van der Waals surface area contributed by atoms with Gasteiger partial charge in [-0.2, -0.15) is 5.10 Å². The monoisotopic (exact) mass is 506 g/mol. The molecular formula is C25H26N6O4S. The van der Waals surface area contributed by atoms with Gasteiger partial charge in [0, 0.05) is 24.8 Å². The largest absolute Gasteiger partial charge is 0.478 e. The fourth-order valence-corrected chi connectivity index (χ4v) is 5.97. The summed E-state index contributed by atoms with van der Waals surface area (Å²) in [5.74, 6) is -0.607. The Balaban J connectivity index is 1.39. The van der Waals surface area contributed by atoms with Crippen LogP contribution in [0.1, 0.15) is 35.7 Å². The van der Waals surface area contributed by atoms with Gasteiger partial charge in [-0.3, -0.25) is 14.8 Å². The van der Waals surface area contributed by atoms with E-state index in [0.29, 0.717) is 54.2 Å². The third-order valence-electron chi connectivity index (χ3n) is 6.52. The Labute approximate surface area is 208 Å². The number of rotatable bonds is 7. The van der Waals surface area contributed by atoms with Gasteiger partial charge in [0.25, 0.3) is 0 Å². The number of aromatic amines is 1. The number of benzene rings is 1. The number of sulfonamides is 1. The van der Waals surface area contributed by atoms with Crippen molar-refractivity contribution in [2.24, 2.45) is 0 Å². The number of carbonyl (C=O) groups is 1. The van der Waals surface area contributed by atoms with Crippen molar-refractivity contribution in [1.82, 2.24) is 20.2 Å². The number of aromatic nitrogens is 4. The molecule has 1 saturated heterocycles. The minimum atomic E-state index is -3.58. The molecule has 1 fully saturated rings. The van der Waals surface area contributed by atoms with Crippen LogP contribution in [0.15, 0.2) is 54.9 Å². The molecule has 1 aliphatic rings. The number of nitrogens with one attached hydrogen (secondary N) is 2. The van der Waals surface area contributed by atoms with Gasteiger partial charge >= 0.3 is 5.97 Å². The molecule has 0 aliphatic carbocycles. The van der Waals surface area contributed by atoms with Gasteiger partial charge in [0.05, 0.1) is 33.8 Å². The van der Waals surface area contributed by atoms with E-state index in [1.165, 1.54) is 11.8 Å². The predicted octanol–water partition coefficient (Wildman–Crippen LogP) is 3.69. The Hall–Kier alpha value is -3.99. The van der Waals surface area contributed by atoms with Gasteiger partial charge in [0.1, 0.15) is 5.82 Å². The number of fused-ring (bicyclic) bond motifs is 1.